The van der Waals surface area contributed by atoms with Gasteiger partial charge in [-0.25, -0.2) is 87.8 Å². The van der Waals surface area contributed by atoms with E-state index in [4.69, 9.17) is 23.7 Å². The van der Waals surface area contributed by atoms with E-state index in [0.717, 1.165) is 83.4 Å². The Kier molecular flexibility index (Phi) is 21.0. The predicted molar refractivity (Wildman–Crippen MR) is 322 cm³/mol. The van der Waals surface area contributed by atoms with Gasteiger partial charge in [-0.15, -0.1) is 0 Å². The van der Waals surface area contributed by atoms with Gasteiger partial charge in [-0.2, -0.15) is 0 Å². The van der Waals surface area contributed by atoms with Crippen molar-refractivity contribution in [3.8, 4) is 28.7 Å². The van der Waals surface area contributed by atoms with E-state index in [-0.39, 0.29) is 99.8 Å². The maximum Gasteiger partial charge on any atom is 0.162 e. The number of fused-ring (bicyclic) bond motifs is 5. The van der Waals surface area contributed by atoms with Gasteiger partial charge in [0.1, 0.15) is 75.0 Å². The molecule has 0 radical (unpaired) electrons. The third-order valence-corrected chi connectivity index (χ3v) is 15.4. The average molecular weight is 1420 g/mol. The Morgan fingerprint density at radius 1 is 0.200 bits per heavy atom. The zero-order chi connectivity index (χ0) is 71.4. The second-order valence-electron chi connectivity index (χ2n) is 22.2. The van der Waals surface area contributed by atoms with Gasteiger partial charge in [-0.3, -0.25) is 0 Å². The van der Waals surface area contributed by atoms with Crippen molar-refractivity contribution >= 4 is 28.4 Å². The summed E-state index contributed by atoms with van der Waals surface area (Å²) in [4.78, 5) is 7.23. The standard InChI is InChI=1S/C14H8F5NO.3C14H9F4NO.C14H10F3NO/c15-8-2-11(18)14(12(19)3-8)20-5-7-1-9(16)10(17)4-13(7)21-6-20;15-9-1-2-13(12(18)4-9)19-6-8-3-10(16)11(17)5-14(8)20-7-19;15-10-2-1-9(4-12(10)17)19-6-8-3-11(16)13(18)5-14(8)20-7-19;15-9-1-2-13-8(3-9)6-19(7-20-13)14-11(17)4-10(16)5-12(14)18;15-10-1-3-11(4-2-10)18-7-9-5-12(16)13(17)6-14(9)19-8-18/h1-4H,5-6H2;3*1-5H,6-7H2;1-6H,7-8H2. The molecule has 5 aliphatic rings. The number of halogens is 20. The van der Waals surface area contributed by atoms with Gasteiger partial charge < -0.3 is 48.2 Å². The number of hydrogen-bond acceptors (Lipinski definition) is 10. The Morgan fingerprint density at radius 2 is 0.500 bits per heavy atom. The predicted octanol–water partition coefficient (Wildman–Crippen LogP) is 18.0. The first-order chi connectivity index (χ1) is 47.7. The summed E-state index contributed by atoms with van der Waals surface area (Å²) in [6, 6.07) is 26.7. The van der Waals surface area contributed by atoms with E-state index >= 15 is 0 Å². The molecular formula is C70H45F20N5O5. The van der Waals surface area contributed by atoms with Crippen LogP contribution in [0.25, 0.3) is 0 Å². The zero-order valence-corrected chi connectivity index (χ0v) is 50.8. The number of anilines is 5. The number of nitrogens with zero attached hydrogens (tertiary/aromatic N) is 5. The Balaban J connectivity index is 0.000000126. The summed E-state index contributed by atoms with van der Waals surface area (Å²) in [5, 5.41) is 0. The van der Waals surface area contributed by atoms with Crippen LogP contribution in [0.2, 0.25) is 0 Å². The Bertz CT molecular complexity index is 4670. The average Bonchev–Trinajstić information content (AvgIpc) is 0.816. The van der Waals surface area contributed by atoms with E-state index in [2.05, 4.69) is 0 Å². The van der Waals surface area contributed by atoms with Gasteiger partial charge >= 0.3 is 0 Å². The van der Waals surface area contributed by atoms with E-state index in [1.165, 1.54) is 52.3 Å². The minimum Gasteiger partial charge on any atom is -0.473 e. The minimum absolute atomic E-state index is 0.0272. The maximum atomic E-state index is 13.7. The smallest absolute Gasteiger partial charge is 0.162 e. The second kappa shape index (κ2) is 29.9. The van der Waals surface area contributed by atoms with Crippen molar-refractivity contribution in [1.29, 1.82) is 0 Å². The SMILES string of the molecule is Fc1cc(F)c(N2COc3cc(F)c(F)cc3C2)c(F)c1.Fc1cc(F)c(N2COc3ccc(F)cc3C2)c(F)c1.Fc1ccc(N2COc3cc(F)c(F)cc3C2)c(F)c1.Fc1ccc(N2COc3cc(F)c(F)cc3C2)cc1.Fc1ccc(N2COc3cc(F)c(F)cc3C2)cc1F. The molecule has 0 amide bonds. The second-order valence-corrected chi connectivity index (χ2v) is 22.2. The Hall–Kier alpha value is -11.2. The number of ether oxygens (including phenoxy) is 5. The van der Waals surface area contributed by atoms with Crippen molar-refractivity contribution in [1.82, 2.24) is 0 Å². The molecular weight excluding hydrogens is 1370 g/mol. The molecule has 0 atom stereocenters. The summed E-state index contributed by atoms with van der Waals surface area (Å²) in [7, 11) is 0. The highest BCUT2D eigenvalue weighted by molar-refractivity contribution is 5.56. The molecule has 0 fully saturated rings. The van der Waals surface area contributed by atoms with E-state index in [9.17, 15) is 87.8 Å². The van der Waals surface area contributed by atoms with Gasteiger partial charge in [0.2, 0.25) is 0 Å². The molecule has 5 aliphatic heterocycles. The van der Waals surface area contributed by atoms with Crippen molar-refractivity contribution in [2.24, 2.45) is 0 Å². The van der Waals surface area contributed by atoms with Crippen LogP contribution in [0, 0.1) is 116 Å². The third-order valence-electron chi connectivity index (χ3n) is 15.4. The zero-order valence-electron chi connectivity index (χ0n) is 50.8. The van der Waals surface area contributed by atoms with Crippen LogP contribution in [0.4, 0.5) is 116 Å². The molecule has 0 bridgehead atoms. The Labute approximate surface area is 553 Å². The summed E-state index contributed by atoms with van der Waals surface area (Å²) in [6.07, 6.45) is 0. The molecule has 0 aliphatic carbocycles. The fourth-order valence-electron chi connectivity index (χ4n) is 10.6. The van der Waals surface area contributed by atoms with Crippen molar-refractivity contribution in [3.05, 3.63) is 296 Å². The van der Waals surface area contributed by atoms with Crippen molar-refractivity contribution in [2.45, 2.75) is 32.7 Å². The molecule has 0 aromatic heterocycles. The molecule has 10 aromatic carbocycles. The minimum atomic E-state index is -1.10. The monoisotopic (exact) mass is 1420 g/mol. The van der Waals surface area contributed by atoms with Crippen LogP contribution in [0.15, 0.2) is 152 Å². The number of rotatable bonds is 5. The topological polar surface area (TPSA) is 62.3 Å². The lowest BCUT2D eigenvalue weighted by Crippen LogP contribution is -2.33. The lowest BCUT2D eigenvalue weighted by molar-refractivity contribution is 0.282. The third kappa shape index (κ3) is 16.2. The molecule has 10 nitrogen and oxygen atoms in total. The molecule has 0 saturated heterocycles. The summed E-state index contributed by atoms with van der Waals surface area (Å²) < 4.78 is 291. The first kappa shape index (κ1) is 70.1. The first-order valence-corrected chi connectivity index (χ1v) is 29.3. The lowest BCUT2D eigenvalue weighted by Gasteiger charge is -2.31. The van der Waals surface area contributed by atoms with Crippen LogP contribution in [0.1, 0.15) is 27.8 Å². The fraction of sp³-hybridized carbons (Fsp3) is 0.143. The molecule has 100 heavy (non-hydrogen) atoms. The van der Waals surface area contributed by atoms with Crippen LogP contribution in [-0.4, -0.2) is 33.7 Å². The van der Waals surface area contributed by atoms with E-state index in [1.54, 1.807) is 21.9 Å². The molecule has 520 valence electrons. The highest BCUT2D eigenvalue weighted by Gasteiger charge is 2.29. The van der Waals surface area contributed by atoms with Crippen molar-refractivity contribution in [3.63, 3.8) is 0 Å². The molecule has 15 rings (SSSR count). The Morgan fingerprint density at radius 3 is 0.920 bits per heavy atom. The quantitative estimate of drug-likeness (QED) is 0.156. The van der Waals surface area contributed by atoms with Crippen LogP contribution >= 0.6 is 0 Å². The molecule has 10 aromatic rings. The normalized spacial score (nSPS) is 13.9. The highest BCUT2D eigenvalue weighted by atomic mass is 19.2. The number of hydrogen-bond donors (Lipinski definition) is 0. The number of benzene rings is 10. The van der Waals surface area contributed by atoms with Gasteiger partial charge in [0.25, 0.3) is 0 Å². The maximum absolute atomic E-state index is 13.7. The lowest BCUT2D eigenvalue weighted by atomic mass is 10.1. The molecule has 0 N–H and O–H groups in total. The van der Waals surface area contributed by atoms with Crippen LogP contribution in [0.5, 0.6) is 28.7 Å². The van der Waals surface area contributed by atoms with Gasteiger partial charge in [0, 0.05) is 113 Å². The van der Waals surface area contributed by atoms with E-state index in [1.807, 2.05) is 0 Å². The van der Waals surface area contributed by atoms with Gasteiger partial charge in [-0.1, -0.05) is 0 Å². The van der Waals surface area contributed by atoms with Gasteiger partial charge in [0.05, 0.1) is 25.3 Å². The molecule has 0 spiro atoms. The van der Waals surface area contributed by atoms with E-state index < -0.39 is 116 Å². The van der Waals surface area contributed by atoms with E-state index in [0.29, 0.717) is 70.3 Å². The highest BCUT2D eigenvalue weighted by Crippen LogP contribution is 2.38. The van der Waals surface area contributed by atoms with Gasteiger partial charge in [-0.05, 0) is 91.0 Å². The molecule has 0 saturated carbocycles. The van der Waals surface area contributed by atoms with Crippen LogP contribution in [-0.2, 0) is 32.7 Å². The first-order valence-electron chi connectivity index (χ1n) is 29.3. The van der Waals surface area contributed by atoms with Crippen LogP contribution < -0.4 is 48.2 Å². The molecule has 30 heteroatoms. The summed E-state index contributed by atoms with van der Waals surface area (Å²) in [5.41, 5.74) is 2.56. The summed E-state index contributed by atoms with van der Waals surface area (Å²) in [5.74, 6) is -16.9. The molecule has 5 heterocycles. The molecule has 0 unspecified atom stereocenters. The fourth-order valence-corrected chi connectivity index (χ4v) is 10.6. The van der Waals surface area contributed by atoms with Gasteiger partial charge in [0.15, 0.2) is 115 Å². The summed E-state index contributed by atoms with van der Waals surface area (Å²) in [6.45, 7) is 0.604. The summed E-state index contributed by atoms with van der Waals surface area (Å²) >= 11 is 0. The van der Waals surface area contributed by atoms with Crippen molar-refractivity contribution < 1.29 is 111 Å². The largest absolute Gasteiger partial charge is 0.473 e. The van der Waals surface area contributed by atoms with Crippen LogP contribution in [0.3, 0.4) is 0 Å². The van der Waals surface area contributed by atoms with Crippen molar-refractivity contribution in [2.75, 3.05) is 58.2 Å².